The van der Waals surface area contributed by atoms with E-state index in [1.165, 1.54) is 12.1 Å². The van der Waals surface area contributed by atoms with Crippen LogP contribution in [0.3, 0.4) is 0 Å². The first-order valence-electron chi connectivity index (χ1n) is 5.99. The molecule has 0 aromatic heterocycles. The zero-order valence-corrected chi connectivity index (χ0v) is 13.9. The molecule has 0 radical (unpaired) electrons. The molecule has 0 heterocycles. The molecule has 0 aliphatic carbocycles. The Kier molecular flexibility index (Phi) is 4.84. The molecular formula is C15H11ClINO3. The average Bonchev–Trinajstić information content (AvgIpc) is 2.43. The Bertz CT molecular complexity index is 731. The summed E-state index contributed by atoms with van der Waals surface area (Å²) in [5, 5.41) is 12.0. The summed E-state index contributed by atoms with van der Waals surface area (Å²) < 4.78 is 0.903. The molecule has 0 saturated heterocycles. The van der Waals surface area contributed by atoms with Crippen molar-refractivity contribution in [2.24, 2.45) is 0 Å². The molecule has 0 saturated carbocycles. The van der Waals surface area contributed by atoms with Gasteiger partial charge in [-0.3, -0.25) is 4.79 Å². The molecule has 108 valence electrons. The van der Waals surface area contributed by atoms with E-state index >= 15 is 0 Å². The summed E-state index contributed by atoms with van der Waals surface area (Å²) in [6.45, 7) is 1.73. The third-order valence-electron chi connectivity index (χ3n) is 2.89. The minimum Gasteiger partial charge on any atom is -0.478 e. The number of rotatable bonds is 3. The molecule has 2 rings (SSSR count). The molecule has 0 aliphatic heterocycles. The maximum atomic E-state index is 12.2. The first-order valence-corrected chi connectivity index (χ1v) is 7.44. The molecule has 0 aliphatic rings. The molecule has 6 heteroatoms. The van der Waals surface area contributed by atoms with Gasteiger partial charge in [0.1, 0.15) is 0 Å². The second-order valence-electron chi connectivity index (χ2n) is 4.41. The number of hydrogen-bond acceptors (Lipinski definition) is 2. The Labute approximate surface area is 140 Å². The fourth-order valence-corrected chi connectivity index (χ4v) is 2.49. The maximum Gasteiger partial charge on any atom is 0.335 e. The summed E-state index contributed by atoms with van der Waals surface area (Å²) in [6, 6.07) is 9.69. The summed E-state index contributed by atoms with van der Waals surface area (Å²) in [7, 11) is 0. The van der Waals surface area contributed by atoms with E-state index in [1.54, 1.807) is 25.1 Å². The normalized spacial score (nSPS) is 10.2. The lowest BCUT2D eigenvalue weighted by molar-refractivity contribution is 0.0696. The molecule has 1 amide bonds. The molecule has 0 atom stereocenters. The van der Waals surface area contributed by atoms with Gasteiger partial charge in [0, 0.05) is 9.26 Å². The van der Waals surface area contributed by atoms with E-state index in [9.17, 15) is 9.59 Å². The van der Waals surface area contributed by atoms with E-state index in [4.69, 9.17) is 16.7 Å². The number of nitrogens with one attached hydrogen (secondary N) is 1. The van der Waals surface area contributed by atoms with Gasteiger partial charge in [-0.25, -0.2) is 4.79 Å². The fourth-order valence-electron chi connectivity index (χ4n) is 1.80. The van der Waals surface area contributed by atoms with Crippen LogP contribution in [0.25, 0.3) is 0 Å². The Balaban J connectivity index is 2.27. The number of aryl methyl sites for hydroxylation is 1. The Hall–Kier alpha value is -1.60. The molecule has 0 unspecified atom stereocenters. The summed E-state index contributed by atoms with van der Waals surface area (Å²) in [5.74, 6) is -1.33. The van der Waals surface area contributed by atoms with Gasteiger partial charge in [0.2, 0.25) is 0 Å². The van der Waals surface area contributed by atoms with E-state index in [1.807, 2.05) is 6.07 Å². The number of benzene rings is 2. The van der Waals surface area contributed by atoms with Crippen LogP contribution in [0.4, 0.5) is 5.69 Å². The lowest BCUT2D eigenvalue weighted by atomic mass is 10.1. The van der Waals surface area contributed by atoms with Crippen LogP contribution in [0.2, 0.25) is 5.02 Å². The van der Waals surface area contributed by atoms with Crippen molar-refractivity contribution in [3.63, 3.8) is 0 Å². The van der Waals surface area contributed by atoms with Crippen LogP contribution in [-0.2, 0) is 0 Å². The molecule has 2 N–H and O–H groups in total. The van der Waals surface area contributed by atoms with Crippen molar-refractivity contribution >= 4 is 51.8 Å². The Morgan fingerprint density at radius 2 is 1.90 bits per heavy atom. The van der Waals surface area contributed by atoms with E-state index in [0.29, 0.717) is 21.8 Å². The minimum atomic E-state index is -1.00. The highest BCUT2D eigenvalue weighted by Gasteiger charge is 2.13. The van der Waals surface area contributed by atoms with E-state index < -0.39 is 5.97 Å². The SMILES string of the molecule is Cc1cc(C(=O)O)ccc1NC(=O)c1cc(I)ccc1Cl. The summed E-state index contributed by atoms with van der Waals surface area (Å²) in [6.07, 6.45) is 0. The van der Waals surface area contributed by atoms with E-state index in [0.717, 1.165) is 3.57 Å². The minimum absolute atomic E-state index is 0.179. The number of amides is 1. The smallest absolute Gasteiger partial charge is 0.335 e. The van der Waals surface area contributed by atoms with Crippen molar-refractivity contribution in [2.45, 2.75) is 6.92 Å². The standard InChI is InChI=1S/C15H11ClINO3/c1-8-6-9(15(20)21)2-5-13(8)18-14(19)11-7-10(17)3-4-12(11)16/h2-7H,1H3,(H,18,19)(H,20,21). The van der Waals surface area contributed by atoms with Crippen LogP contribution in [0, 0.1) is 10.5 Å². The predicted molar refractivity (Wildman–Crippen MR) is 90.3 cm³/mol. The van der Waals surface area contributed by atoms with E-state index in [2.05, 4.69) is 27.9 Å². The highest BCUT2D eigenvalue weighted by Crippen LogP contribution is 2.22. The van der Waals surface area contributed by atoms with Crippen molar-refractivity contribution in [3.8, 4) is 0 Å². The first kappa shape index (κ1) is 15.8. The van der Waals surface area contributed by atoms with Crippen molar-refractivity contribution in [1.82, 2.24) is 0 Å². The van der Waals surface area contributed by atoms with Crippen molar-refractivity contribution in [1.29, 1.82) is 0 Å². The van der Waals surface area contributed by atoms with Gasteiger partial charge in [-0.1, -0.05) is 11.6 Å². The van der Waals surface area contributed by atoms with Gasteiger partial charge in [0.05, 0.1) is 16.1 Å². The molecule has 2 aromatic rings. The second kappa shape index (κ2) is 6.44. The van der Waals surface area contributed by atoms with Gasteiger partial charge in [-0.2, -0.15) is 0 Å². The third kappa shape index (κ3) is 3.74. The summed E-state index contributed by atoms with van der Waals surface area (Å²) in [4.78, 5) is 23.1. The van der Waals surface area contributed by atoms with Crippen LogP contribution in [0.5, 0.6) is 0 Å². The van der Waals surface area contributed by atoms with Gasteiger partial charge < -0.3 is 10.4 Å². The van der Waals surface area contributed by atoms with E-state index in [-0.39, 0.29) is 11.5 Å². The van der Waals surface area contributed by atoms with Crippen LogP contribution in [0.15, 0.2) is 36.4 Å². The third-order valence-corrected chi connectivity index (χ3v) is 3.90. The molecule has 4 nitrogen and oxygen atoms in total. The number of carboxylic acids is 1. The topological polar surface area (TPSA) is 66.4 Å². The fraction of sp³-hybridized carbons (Fsp3) is 0.0667. The Morgan fingerprint density at radius 3 is 2.52 bits per heavy atom. The zero-order chi connectivity index (χ0) is 15.6. The molecule has 0 fully saturated rings. The van der Waals surface area contributed by atoms with Crippen LogP contribution in [-0.4, -0.2) is 17.0 Å². The molecule has 2 aromatic carbocycles. The van der Waals surface area contributed by atoms with Gasteiger partial charge in [-0.05, 0) is 71.5 Å². The van der Waals surface area contributed by atoms with Gasteiger partial charge in [0.25, 0.3) is 5.91 Å². The van der Waals surface area contributed by atoms with Gasteiger partial charge >= 0.3 is 5.97 Å². The van der Waals surface area contributed by atoms with Crippen LogP contribution >= 0.6 is 34.2 Å². The second-order valence-corrected chi connectivity index (χ2v) is 6.07. The lowest BCUT2D eigenvalue weighted by Gasteiger charge is -2.10. The van der Waals surface area contributed by atoms with Gasteiger partial charge in [0.15, 0.2) is 0 Å². The molecular weight excluding hydrogens is 405 g/mol. The first-order chi connectivity index (χ1) is 9.88. The number of aromatic carboxylic acids is 1. The number of carboxylic acid groups (broad SMARTS) is 1. The quantitative estimate of drug-likeness (QED) is 0.738. The average molecular weight is 416 g/mol. The number of halogens is 2. The maximum absolute atomic E-state index is 12.2. The number of carbonyl (C=O) groups excluding carboxylic acids is 1. The Morgan fingerprint density at radius 1 is 1.19 bits per heavy atom. The zero-order valence-electron chi connectivity index (χ0n) is 11.0. The molecule has 0 spiro atoms. The largest absolute Gasteiger partial charge is 0.478 e. The van der Waals surface area contributed by atoms with Crippen LogP contribution < -0.4 is 5.32 Å². The molecule has 0 bridgehead atoms. The number of carbonyl (C=O) groups is 2. The highest BCUT2D eigenvalue weighted by molar-refractivity contribution is 14.1. The highest BCUT2D eigenvalue weighted by atomic mass is 127. The monoisotopic (exact) mass is 415 g/mol. The van der Waals surface area contributed by atoms with Crippen LogP contribution in [0.1, 0.15) is 26.3 Å². The number of anilines is 1. The number of hydrogen-bond donors (Lipinski definition) is 2. The van der Waals surface area contributed by atoms with Crippen molar-refractivity contribution in [2.75, 3.05) is 5.32 Å². The van der Waals surface area contributed by atoms with Crippen molar-refractivity contribution < 1.29 is 14.7 Å². The lowest BCUT2D eigenvalue weighted by Crippen LogP contribution is -2.14. The predicted octanol–water partition coefficient (Wildman–Crippen LogP) is 4.20. The summed E-state index contributed by atoms with van der Waals surface area (Å²) >= 11 is 8.12. The van der Waals surface area contributed by atoms with Crippen molar-refractivity contribution in [3.05, 3.63) is 61.7 Å². The summed E-state index contributed by atoms with van der Waals surface area (Å²) in [5.41, 5.74) is 1.79. The molecule has 21 heavy (non-hydrogen) atoms. The van der Waals surface area contributed by atoms with Gasteiger partial charge in [-0.15, -0.1) is 0 Å².